The first-order chi connectivity index (χ1) is 7.10. The molecule has 0 aliphatic carbocycles. The van der Waals surface area contributed by atoms with Crippen molar-refractivity contribution < 1.29 is 24.5 Å². The smallest absolute Gasteiger partial charge is 0.372 e. The molecular formula is C9H9NO5. The third-order valence-corrected chi connectivity index (χ3v) is 1.78. The molecule has 0 fully saturated rings. The molecule has 1 aromatic carbocycles. The summed E-state index contributed by atoms with van der Waals surface area (Å²) in [5, 5.41) is 8.12. The van der Waals surface area contributed by atoms with E-state index in [2.05, 4.69) is 9.62 Å². The minimum Gasteiger partial charge on any atom is -0.465 e. The number of hydrogen-bond acceptors (Lipinski definition) is 6. The van der Waals surface area contributed by atoms with Crippen molar-refractivity contribution in [1.82, 2.24) is 0 Å². The predicted octanol–water partition coefficient (Wildman–Crippen LogP) is 0.685. The van der Waals surface area contributed by atoms with E-state index < -0.39 is 11.9 Å². The Morgan fingerprint density at radius 3 is 2.47 bits per heavy atom. The number of rotatable bonds is 2. The molecule has 6 nitrogen and oxygen atoms in total. The number of esters is 1. The summed E-state index contributed by atoms with van der Waals surface area (Å²) in [5.41, 5.74) is 5.76. The zero-order chi connectivity index (χ0) is 11.4. The number of carbonyl (C=O) groups excluding carboxylic acids is 2. The van der Waals surface area contributed by atoms with Gasteiger partial charge in [-0.25, -0.2) is 9.59 Å². The van der Waals surface area contributed by atoms with E-state index in [0.717, 1.165) is 0 Å². The number of benzene rings is 1. The van der Waals surface area contributed by atoms with Crippen LogP contribution in [0.2, 0.25) is 0 Å². The topological polar surface area (TPSA) is 98.9 Å². The number of ether oxygens (including phenoxy) is 1. The molecule has 0 heterocycles. The number of anilines is 1. The fraction of sp³-hybridized carbons (Fsp3) is 0.111. The van der Waals surface area contributed by atoms with Gasteiger partial charge in [0.15, 0.2) is 0 Å². The van der Waals surface area contributed by atoms with E-state index in [4.69, 9.17) is 11.0 Å². The van der Waals surface area contributed by atoms with E-state index in [9.17, 15) is 9.59 Å². The van der Waals surface area contributed by atoms with Crippen LogP contribution < -0.4 is 5.73 Å². The standard InChI is InChI=1S/C9H9NO5/c1-14-9(12)6-3-2-5(4-7(6)10)8(11)15-13/h2-4,13H,10H2,1H3. The summed E-state index contributed by atoms with van der Waals surface area (Å²) < 4.78 is 4.46. The molecule has 1 aromatic rings. The van der Waals surface area contributed by atoms with Crippen molar-refractivity contribution in [3.05, 3.63) is 29.3 Å². The third-order valence-electron chi connectivity index (χ3n) is 1.78. The summed E-state index contributed by atoms with van der Waals surface area (Å²) in [4.78, 5) is 25.5. The molecule has 0 spiro atoms. The second-order valence-electron chi connectivity index (χ2n) is 2.67. The minimum atomic E-state index is -0.946. The van der Waals surface area contributed by atoms with Crippen LogP contribution in [0.1, 0.15) is 20.7 Å². The summed E-state index contributed by atoms with van der Waals surface area (Å²) in [6, 6.07) is 3.82. The predicted molar refractivity (Wildman–Crippen MR) is 50.2 cm³/mol. The lowest BCUT2D eigenvalue weighted by atomic mass is 10.1. The highest BCUT2D eigenvalue weighted by molar-refractivity contribution is 5.98. The molecule has 0 atom stereocenters. The molecule has 1 rings (SSSR count). The first kappa shape index (κ1) is 11.0. The molecule has 80 valence electrons. The van der Waals surface area contributed by atoms with Gasteiger partial charge in [0.25, 0.3) is 0 Å². The zero-order valence-electron chi connectivity index (χ0n) is 7.89. The van der Waals surface area contributed by atoms with Crippen LogP contribution in [-0.2, 0) is 9.62 Å². The van der Waals surface area contributed by atoms with Gasteiger partial charge in [-0.1, -0.05) is 0 Å². The van der Waals surface area contributed by atoms with Crippen molar-refractivity contribution >= 4 is 17.6 Å². The van der Waals surface area contributed by atoms with E-state index in [1.54, 1.807) is 0 Å². The maximum Gasteiger partial charge on any atom is 0.372 e. The fourth-order valence-corrected chi connectivity index (χ4v) is 1.04. The third kappa shape index (κ3) is 2.23. The van der Waals surface area contributed by atoms with Crippen molar-refractivity contribution in [3.8, 4) is 0 Å². The van der Waals surface area contributed by atoms with Crippen LogP contribution in [0.5, 0.6) is 0 Å². The van der Waals surface area contributed by atoms with Crippen LogP contribution in [0.3, 0.4) is 0 Å². The lowest BCUT2D eigenvalue weighted by Crippen LogP contribution is -2.08. The maximum atomic E-state index is 11.1. The van der Waals surface area contributed by atoms with Gasteiger partial charge in [-0.15, -0.1) is 0 Å². The highest BCUT2D eigenvalue weighted by atomic mass is 17.1. The lowest BCUT2D eigenvalue weighted by molar-refractivity contribution is -0.182. The van der Waals surface area contributed by atoms with Gasteiger partial charge in [0.2, 0.25) is 0 Å². The molecule has 0 aromatic heterocycles. The first-order valence-corrected chi connectivity index (χ1v) is 3.93. The van der Waals surface area contributed by atoms with E-state index in [1.165, 1.54) is 25.3 Å². The second kappa shape index (κ2) is 4.43. The van der Waals surface area contributed by atoms with Crippen LogP contribution in [0.15, 0.2) is 18.2 Å². The SMILES string of the molecule is COC(=O)c1ccc(C(=O)OO)cc1N. The molecule has 0 amide bonds. The molecule has 0 radical (unpaired) electrons. The van der Waals surface area contributed by atoms with Crippen LogP contribution >= 0.6 is 0 Å². The first-order valence-electron chi connectivity index (χ1n) is 3.93. The Morgan fingerprint density at radius 2 is 2.00 bits per heavy atom. The largest absolute Gasteiger partial charge is 0.465 e. The van der Waals surface area contributed by atoms with Crippen LogP contribution in [0.4, 0.5) is 5.69 Å². The van der Waals surface area contributed by atoms with Crippen molar-refractivity contribution in [3.63, 3.8) is 0 Å². The number of hydrogen-bond donors (Lipinski definition) is 2. The lowest BCUT2D eigenvalue weighted by Gasteiger charge is -2.04. The zero-order valence-corrected chi connectivity index (χ0v) is 7.89. The molecule has 3 N–H and O–H groups in total. The van der Waals surface area contributed by atoms with E-state index in [1.807, 2.05) is 0 Å². The van der Waals surface area contributed by atoms with Gasteiger partial charge in [0.05, 0.1) is 18.2 Å². The van der Waals surface area contributed by atoms with Crippen molar-refractivity contribution in [2.75, 3.05) is 12.8 Å². The molecule has 0 aliphatic rings. The van der Waals surface area contributed by atoms with Crippen LogP contribution in [0.25, 0.3) is 0 Å². The monoisotopic (exact) mass is 211 g/mol. The highest BCUT2D eigenvalue weighted by Crippen LogP contribution is 2.15. The summed E-state index contributed by atoms with van der Waals surface area (Å²) >= 11 is 0. The van der Waals surface area contributed by atoms with E-state index in [-0.39, 0.29) is 16.8 Å². The van der Waals surface area contributed by atoms with Gasteiger partial charge < -0.3 is 10.5 Å². The average molecular weight is 211 g/mol. The van der Waals surface area contributed by atoms with Gasteiger partial charge in [-0.3, -0.25) is 4.89 Å². The fourth-order valence-electron chi connectivity index (χ4n) is 1.04. The number of nitrogens with two attached hydrogens (primary N) is 1. The molecule has 0 bridgehead atoms. The van der Waals surface area contributed by atoms with Gasteiger partial charge in [0.1, 0.15) is 0 Å². The summed E-state index contributed by atoms with van der Waals surface area (Å²) in [6.07, 6.45) is 0. The molecular weight excluding hydrogens is 202 g/mol. The quantitative estimate of drug-likeness (QED) is 0.323. The van der Waals surface area contributed by atoms with Gasteiger partial charge in [0, 0.05) is 5.69 Å². The molecule has 0 saturated heterocycles. The van der Waals surface area contributed by atoms with E-state index >= 15 is 0 Å². The summed E-state index contributed by atoms with van der Waals surface area (Å²) in [7, 11) is 1.22. The molecule has 0 unspecified atom stereocenters. The Labute approximate surface area is 85.1 Å². The highest BCUT2D eigenvalue weighted by Gasteiger charge is 2.13. The van der Waals surface area contributed by atoms with Gasteiger partial charge >= 0.3 is 11.9 Å². The Morgan fingerprint density at radius 1 is 1.33 bits per heavy atom. The Bertz CT molecular complexity index is 401. The average Bonchev–Trinajstić information content (AvgIpc) is 2.26. The molecule has 0 aliphatic heterocycles. The molecule has 15 heavy (non-hydrogen) atoms. The Hall–Kier alpha value is -2.08. The normalized spacial score (nSPS) is 9.47. The number of methoxy groups -OCH3 is 1. The maximum absolute atomic E-state index is 11.1. The van der Waals surface area contributed by atoms with Gasteiger partial charge in [-0.05, 0) is 18.2 Å². The molecule has 0 saturated carbocycles. The molecule has 6 heteroatoms. The van der Waals surface area contributed by atoms with Gasteiger partial charge in [-0.2, -0.15) is 5.26 Å². The van der Waals surface area contributed by atoms with Crippen LogP contribution in [-0.4, -0.2) is 24.3 Å². The summed E-state index contributed by atoms with van der Waals surface area (Å²) in [5.74, 6) is -1.55. The number of carbonyl (C=O) groups is 2. The van der Waals surface area contributed by atoms with E-state index in [0.29, 0.717) is 0 Å². The van der Waals surface area contributed by atoms with Crippen LogP contribution in [0, 0.1) is 0 Å². The van der Waals surface area contributed by atoms with Crippen molar-refractivity contribution in [2.45, 2.75) is 0 Å². The Kier molecular flexibility index (Phi) is 3.25. The second-order valence-corrected chi connectivity index (χ2v) is 2.67. The Balaban J connectivity index is 3.08. The van der Waals surface area contributed by atoms with Crippen molar-refractivity contribution in [1.29, 1.82) is 0 Å². The summed E-state index contributed by atoms with van der Waals surface area (Å²) in [6.45, 7) is 0. The minimum absolute atomic E-state index is 0.0441. The number of nitrogen functional groups attached to an aromatic ring is 1. The van der Waals surface area contributed by atoms with Crippen molar-refractivity contribution in [2.24, 2.45) is 0 Å².